The van der Waals surface area contributed by atoms with Gasteiger partial charge in [-0.25, -0.2) is 0 Å². The highest BCUT2D eigenvalue weighted by atomic mass is 16.5. The maximum Gasteiger partial charge on any atom is 0.225 e. The summed E-state index contributed by atoms with van der Waals surface area (Å²) >= 11 is 0. The van der Waals surface area contributed by atoms with Crippen molar-refractivity contribution in [2.24, 2.45) is 11.8 Å². The van der Waals surface area contributed by atoms with Crippen LogP contribution in [0.2, 0.25) is 0 Å². The van der Waals surface area contributed by atoms with Gasteiger partial charge in [0.25, 0.3) is 0 Å². The number of likely N-dealkylation sites (tertiary alicyclic amines) is 1. The number of hydrogen-bond donors (Lipinski definition) is 1. The summed E-state index contributed by atoms with van der Waals surface area (Å²) in [7, 11) is 2.17. The zero-order valence-corrected chi connectivity index (χ0v) is 16.1. The average molecular weight is 354 g/mol. The lowest BCUT2D eigenvalue weighted by atomic mass is 9.84. The number of morpholine rings is 1. The van der Waals surface area contributed by atoms with Crippen molar-refractivity contribution in [1.82, 2.24) is 15.1 Å². The number of hydrogen-bond acceptors (Lipinski definition) is 5. The van der Waals surface area contributed by atoms with E-state index in [2.05, 4.69) is 36.0 Å². The van der Waals surface area contributed by atoms with E-state index in [1.807, 2.05) is 0 Å². The standard InChI is InChI=1S/C19H35N3O3/c1-19(2)14-22(11-13-25-19)10-7-20-18(23)16-6-12-24-17(16)15-4-8-21(3)9-5-15/h15-17H,4-14H2,1-3H3,(H,20,23)/t16-,17+/m0/s1. The second-order valence-corrected chi connectivity index (χ2v) is 8.55. The molecule has 3 saturated heterocycles. The molecule has 0 aliphatic carbocycles. The quantitative estimate of drug-likeness (QED) is 0.798. The molecular formula is C19H35N3O3. The Morgan fingerprint density at radius 3 is 2.64 bits per heavy atom. The normalized spacial score (nSPS) is 32.0. The summed E-state index contributed by atoms with van der Waals surface area (Å²) in [4.78, 5) is 17.4. The van der Waals surface area contributed by atoms with Gasteiger partial charge in [0.1, 0.15) is 0 Å². The highest BCUT2D eigenvalue weighted by Crippen LogP contribution is 2.33. The van der Waals surface area contributed by atoms with Crippen LogP contribution in [0, 0.1) is 11.8 Å². The topological polar surface area (TPSA) is 54.0 Å². The van der Waals surface area contributed by atoms with Crippen molar-refractivity contribution in [2.45, 2.75) is 44.8 Å². The molecule has 0 aromatic heterocycles. The first-order valence-corrected chi connectivity index (χ1v) is 9.89. The molecule has 3 aliphatic heterocycles. The van der Waals surface area contributed by atoms with Gasteiger partial charge in [0.15, 0.2) is 0 Å². The SMILES string of the molecule is CN1CCC([C@H]2OCC[C@@H]2C(=O)NCCN2CCOC(C)(C)C2)CC1. The zero-order chi connectivity index (χ0) is 17.9. The zero-order valence-electron chi connectivity index (χ0n) is 16.1. The molecule has 6 heteroatoms. The van der Waals surface area contributed by atoms with E-state index in [-0.39, 0.29) is 23.5 Å². The monoisotopic (exact) mass is 353 g/mol. The molecule has 2 atom stereocenters. The van der Waals surface area contributed by atoms with Gasteiger partial charge in [-0.05, 0) is 59.2 Å². The molecule has 0 aromatic rings. The predicted octanol–water partition coefficient (Wildman–Crippen LogP) is 0.960. The van der Waals surface area contributed by atoms with Gasteiger partial charge < -0.3 is 19.7 Å². The number of carbonyl (C=O) groups is 1. The van der Waals surface area contributed by atoms with E-state index < -0.39 is 0 Å². The summed E-state index contributed by atoms with van der Waals surface area (Å²) in [6.45, 7) is 11.5. The van der Waals surface area contributed by atoms with Crippen molar-refractivity contribution in [1.29, 1.82) is 0 Å². The van der Waals surface area contributed by atoms with Gasteiger partial charge in [-0.15, -0.1) is 0 Å². The first kappa shape index (κ1) is 19.1. The molecular weight excluding hydrogens is 318 g/mol. The van der Waals surface area contributed by atoms with E-state index in [1.165, 1.54) is 0 Å². The van der Waals surface area contributed by atoms with Gasteiger partial charge in [-0.1, -0.05) is 0 Å². The summed E-state index contributed by atoms with van der Waals surface area (Å²) in [6.07, 6.45) is 3.28. The number of nitrogens with one attached hydrogen (secondary N) is 1. The number of rotatable bonds is 5. The average Bonchev–Trinajstić information content (AvgIpc) is 3.04. The molecule has 0 saturated carbocycles. The molecule has 0 spiro atoms. The van der Waals surface area contributed by atoms with Crippen LogP contribution < -0.4 is 5.32 Å². The van der Waals surface area contributed by atoms with Crippen LogP contribution in [0.25, 0.3) is 0 Å². The molecule has 3 aliphatic rings. The Bertz CT molecular complexity index is 449. The number of ether oxygens (including phenoxy) is 2. The minimum absolute atomic E-state index is 0.0366. The molecule has 1 N–H and O–H groups in total. The van der Waals surface area contributed by atoms with Crippen LogP contribution in [0.15, 0.2) is 0 Å². The molecule has 1 amide bonds. The predicted molar refractivity (Wildman–Crippen MR) is 97.5 cm³/mol. The first-order chi connectivity index (χ1) is 11.9. The fraction of sp³-hybridized carbons (Fsp3) is 0.947. The molecule has 3 fully saturated rings. The second kappa shape index (κ2) is 8.33. The van der Waals surface area contributed by atoms with Crippen molar-refractivity contribution >= 4 is 5.91 Å². The Kier molecular flexibility index (Phi) is 6.36. The Balaban J connectivity index is 1.42. The summed E-state index contributed by atoms with van der Waals surface area (Å²) in [5.74, 6) is 0.762. The van der Waals surface area contributed by atoms with Gasteiger partial charge in [0.2, 0.25) is 5.91 Å². The number of amides is 1. The Labute approximate surface area is 152 Å². The third kappa shape index (κ3) is 5.16. The number of piperidine rings is 1. The minimum Gasteiger partial charge on any atom is -0.377 e. The number of nitrogens with zero attached hydrogens (tertiary/aromatic N) is 2. The van der Waals surface area contributed by atoms with Crippen molar-refractivity contribution in [3.63, 3.8) is 0 Å². The molecule has 144 valence electrons. The molecule has 3 heterocycles. The van der Waals surface area contributed by atoms with Gasteiger partial charge in [0.05, 0.1) is 24.2 Å². The molecule has 0 aromatic carbocycles. The van der Waals surface area contributed by atoms with Gasteiger partial charge in [-0.3, -0.25) is 9.69 Å². The van der Waals surface area contributed by atoms with Crippen LogP contribution in [0.4, 0.5) is 0 Å². The molecule has 0 bridgehead atoms. The van der Waals surface area contributed by atoms with Crippen LogP contribution in [0.5, 0.6) is 0 Å². The molecule has 6 nitrogen and oxygen atoms in total. The first-order valence-electron chi connectivity index (χ1n) is 9.89. The Hall–Kier alpha value is -0.690. The highest BCUT2D eigenvalue weighted by molar-refractivity contribution is 5.79. The van der Waals surface area contributed by atoms with Crippen molar-refractivity contribution < 1.29 is 14.3 Å². The largest absolute Gasteiger partial charge is 0.377 e. The van der Waals surface area contributed by atoms with E-state index in [0.717, 1.165) is 65.2 Å². The number of carbonyl (C=O) groups excluding carboxylic acids is 1. The molecule has 3 rings (SSSR count). The summed E-state index contributed by atoms with van der Waals surface area (Å²) in [5.41, 5.74) is -0.0825. The van der Waals surface area contributed by atoms with E-state index in [4.69, 9.17) is 9.47 Å². The van der Waals surface area contributed by atoms with Crippen molar-refractivity contribution in [3.05, 3.63) is 0 Å². The smallest absolute Gasteiger partial charge is 0.225 e. The van der Waals surface area contributed by atoms with Crippen LogP contribution in [-0.2, 0) is 14.3 Å². The van der Waals surface area contributed by atoms with Gasteiger partial charge >= 0.3 is 0 Å². The van der Waals surface area contributed by atoms with E-state index in [9.17, 15) is 4.79 Å². The second-order valence-electron chi connectivity index (χ2n) is 8.55. The highest BCUT2D eigenvalue weighted by Gasteiger charge is 2.40. The summed E-state index contributed by atoms with van der Waals surface area (Å²) in [5, 5.41) is 3.17. The maximum atomic E-state index is 12.7. The third-order valence-electron chi connectivity index (χ3n) is 5.93. The summed E-state index contributed by atoms with van der Waals surface area (Å²) in [6, 6.07) is 0. The molecule has 0 unspecified atom stereocenters. The fourth-order valence-corrected chi connectivity index (χ4v) is 4.49. The van der Waals surface area contributed by atoms with Crippen LogP contribution in [0.3, 0.4) is 0 Å². The van der Waals surface area contributed by atoms with E-state index >= 15 is 0 Å². The minimum atomic E-state index is -0.0825. The lowest BCUT2D eigenvalue weighted by molar-refractivity contribution is -0.128. The van der Waals surface area contributed by atoms with E-state index in [0.29, 0.717) is 12.5 Å². The van der Waals surface area contributed by atoms with Crippen LogP contribution in [0.1, 0.15) is 33.1 Å². The summed E-state index contributed by atoms with van der Waals surface area (Å²) < 4.78 is 11.7. The van der Waals surface area contributed by atoms with Crippen molar-refractivity contribution in [2.75, 3.05) is 59.5 Å². The maximum absolute atomic E-state index is 12.7. The fourth-order valence-electron chi connectivity index (χ4n) is 4.49. The van der Waals surface area contributed by atoms with Crippen molar-refractivity contribution in [3.8, 4) is 0 Å². The van der Waals surface area contributed by atoms with Crippen LogP contribution >= 0.6 is 0 Å². The van der Waals surface area contributed by atoms with Gasteiger partial charge in [0, 0.05) is 32.8 Å². The van der Waals surface area contributed by atoms with Crippen LogP contribution in [-0.4, -0.2) is 86.9 Å². The van der Waals surface area contributed by atoms with Gasteiger partial charge in [-0.2, -0.15) is 0 Å². The molecule has 0 radical (unpaired) electrons. The third-order valence-corrected chi connectivity index (χ3v) is 5.93. The molecule has 25 heavy (non-hydrogen) atoms. The Morgan fingerprint density at radius 2 is 1.92 bits per heavy atom. The van der Waals surface area contributed by atoms with E-state index in [1.54, 1.807) is 0 Å². The lowest BCUT2D eigenvalue weighted by Gasteiger charge is -2.38. The Morgan fingerprint density at radius 1 is 1.16 bits per heavy atom. The lowest BCUT2D eigenvalue weighted by Crippen LogP contribution is -2.50.